The third kappa shape index (κ3) is 3.23. The second-order valence-electron chi connectivity index (χ2n) is 4.79. The Balaban J connectivity index is 1.82. The lowest BCUT2D eigenvalue weighted by molar-refractivity contribution is 0.0987. The van der Waals surface area contributed by atoms with E-state index in [2.05, 4.69) is 4.98 Å². The minimum absolute atomic E-state index is 0.291. The molecule has 0 aliphatic heterocycles. The normalized spacial score (nSPS) is 10.3. The van der Waals surface area contributed by atoms with Crippen molar-refractivity contribution >= 4 is 22.4 Å². The van der Waals surface area contributed by atoms with E-state index in [-0.39, 0.29) is 5.91 Å². The number of carbonyl (C=O) groups is 1. The first-order chi connectivity index (χ1) is 11.2. The Morgan fingerprint density at radius 3 is 2.48 bits per heavy atom. The molecule has 6 heteroatoms. The van der Waals surface area contributed by atoms with Gasteiger partial charge in [0.1, 0.15) is 5.75 Å². The molecule has 0 spiro atoms. The van der Waals surface area contributed by atoms with Gasteiger partial charge in [-0.2, -0.15) is 0 Å². The highest BCUT2D eigenvalue weighted by atomic mass is 32.1. The molecule has 0 saturated heterocycles. The highest BCUT2D eigenvalue weighted by molar-refractivity contribution is 7.14. The first-order valence-corrected chi connectivity index (χ1v) is 7.81. The van der Waals surface area contributed by atoms with Crippen LogP contribution in [0.4, 0.5) is 5.13 Å². The third-order valence-corrected chi connectivity index (χ3v) is 4.16. The van der Waals surface area contributed by atoms with Gasteiger partial charge in [0, 0.05) is 16.5 Å². The summed E-state index contributed by atoms with van der Waals surface area (Å²) < 4.78 is 5.14. The molecule has 3 aromatic rings. The summed E-state index contributed by atoms with van der Waals surface area (Å²) in [4.78, 5) is 16.8. The molecule has 1 aromatic heterocycles. The van der Waals surface area contributed by atoms with Crippen LogP contribution in [-0.2, 0) is 0 Å². The standard InChI is InChI=1S/C17H15N3O2S/c1-22-14-9-7-12(8-10-14)15-11-23-17(19-15)20(18)16(21)13-5-3-2-4-6-13/h2-11H,18H2,1H3. The Labute approximate surface area is 137 Å². The Morgan fingerprint density at radius 2 is 1.83 bits per heavy atom. The van der Waals surface area contributed by atoms with Crippen molar-refractivity contribution < 1.29 is 9.53 Å². The lowest BCUT2D eigenvalue weighted by Crippen LogP contribution is -2.37. The summed E-state index contributed by atoms with van der Waals surface area (Å²) in [5, 5.41) is 3.40. The van der Waals surface area contributed by atoms with Crippen molar-refractivity contribution in [1.29, 1.82) is 0 Å². The average molecular weight is 325 g/mol. The second kappa shape index (κ2) is 6.60. The summed E-state index contributed by atoms with van der Waals surface area (Å²) in [6, 6.07) is 16.4. The summed E-state index contributed by atoms with van der Waals surface area (Å²) in [5.74, 6) is 6.41. The van der Waals surface area contributed by atoms with Gasteiger partial charge in [0.15, 0.2) is 0 Å². The van der Waals surface area contributed by atoms with E-state index in [4.69, 9.17) is 10.6 Å². The molecule has 0 fully saturated rings. The monoisotopic (exact) mass is 325 g/mol. The maximum atomic E-state index is 12.3. The Bertz CT molecular complexity index is 800. The summed E-state index contributed by atoms with van der Waals surface area (Å²) in [7, 11) is 1.62. The lowest BCUT2D eigenvalue weighted by atomic mass is 10.2. The number of hydrazine groups is 1. The number of nitrogens with zero attached hydrogens (tertiary/aromatic N) is 2. The quantitative estimate of drug-likeness (QED) is 0.454. The fourth-order valence-electron chi connectivity index (χ4n) is 2.08. The number of amides is 1. The fraction of sp³-hybridized carbons (Fsp3) is 0.0588. The highest BCUT2D eigenvalue weighted by Crippen LogP contribution is 2.28. The molecule has 0 aliphatic carbocycles. The largest absolute Gasteiger partial charge is 0.497 e. The molecule has 0 saturated carbocycles. The zero-order valence-electron chi connectivity index (χ0n) is 12.5. The number of thiazole rings is 1. The molecule has 1 heterocycles. The number of nitrogens with two attached hydrogens (primary N) is 1. The SMILES string of the molecule is COc1ccc(-c2csc(N(N)C(=O)c3ccccc3)n2)cc1. The van der Waals surface area contributed by atoms with Crippen molar-refractivity contribution in [1.82, 2.24) is 4.98 Å². The van der Waals surface area contributed by atoms with Gasteiger partial charge in [-0.15, -0.1) is 11.3 Å². The average Bonchev–Trinajstić information content (AvgIpc) is 3.11. The highest BCUT2D eigenvalue weighted by Gasteiger charge is 2.17. The summed E-state index contributed by atoms with van der Waals surface area (Å²) in [6.45, 7) is 0. The molecular formula is C17H15N3O2S. The molecule has 0 aliphatic rings. The molecule has 116 valence electrons. The lowest BCUT2D eigenvalue weighted by Gasteiger charge is -2.12. The molecule has 5 nitrogen and oxygen atoms in total. The smallest absolute Gasteiger partial charge is 0.274 e. The number of ether oxygens (including phenoxy) is 1. The molecule has 23 heavy (non-hydrogen) atoms. The van der Waals surface area contributed by atoms with E-state index < -0.39 is 0 Å². The van der Waals surface area contributed by atoms with Gasteiger partial charge in [-0.3, -0.25) is 4.79 Å². The van der Waals surface area contributed by atoms with Gasteiger partial charge in [0.25, 0.3) is 5.91 Å². The van der Waals surface area contributed by atoms with E-state index in [1.807, 2.05) is 35.7 Å². The summed E-state index contributed by atoms with van der Waals surface area (Å²) in [5.41, 5.74) is 2.23. The van der Waals surface area contributed by atoms with Crippen molar-refractivity contribution in [3.05, 3.63) is 65.5 Å². The van der Waals surface area contributed by atoms with Crippen LogP contribution in [0.5, 0.6) is 5.75 Å². The fourth-order valence-corrected chi connectivity index (χ4v) is 2.83. The zero-order valence-corrected chi connectivity index (χ0v) is 13.3. The van der Waals surface area contributed by atoms with Crippen molar-refractivity contribution in [3.63, 3.8) is 0 Å². The van der Waals surface area contributed by atoms with Crippen molar-refractivity contribution in [2.45, 2.75) is 0 Å². The number of hydrogen-bond donors (Lipinski definition) is 1. The Hall–Kier alpha value is -2.70. The van der Waals surface area contributed by atoms with E-state index in [1.54, 1.807) is 31.4 Å². The van der Waals surface area contributed by atoms with Crippen molar-refractivity contribution in [2.75, 3.05) is 12.1 Å². The van der Waals surface area contributed by atoms with Crippen LogP contribution in [0, 0.1) is 0 Å². The molecule has 0 atom stereocenters. The molecule has 0 radical (unpaired) electrons. The number of aromatic nitrogens is 1. The number of benzene rings is 2. The van der Waals surface area contributed by atoms with Crippen LogP contribution < -0.4 is 15.6 Å². The van der Waals surface area contributed by atoms with Crippen LogP contribution in [0.2, 0.25) is 0 Å². The van der Waals surface area contributed by atoms with E-state index >= 15 is 0 Å². The Kier molecular flexibility index (Phi) is 4.36. The molecule has 0 unspecified atom stereocenters. The van der Waals surface area contributed by atoms with E-state index in [1.165, 1.54) is 11.3 Å². The molecule has 1 amide bonds. The van der Waals surface area contributed by atoms with Gasteiger partial charge in [0.2, 0.25) is 5.13 Å². The van der Waals surface area contributed by atoms with Crippen LogP contribution in [0.3, 0.4) is 0 Å². The van der Waals surface area contributed by atoms with Crippen LogP contribution >= 0.6 is 11.3 Å². The minimum Gasteiger partial charge on any atom is -0.497 e. The van der Waals surface area contributed by atoms with Crippen LogP contribution in [0.1, 0.15) is 10.4 Å². The second-order valence-corrected chi connectivity index (χ2v) is 5.62. The van der Waals surface area contributed by atoms with Gasteiger partial charge in [-0.1, -0.05) is 18.2 Å². The van der Waals surface area contributed by atoms with Crippen LogP contribution in [0.25, 0.3) is 11.3 Å². The molecule has 3 rings (SSSR count). The molecule has 2 aromatic carbocycles. The van der Waals surface area contributed by atoms with Gasteiger partial charge in [-0.05, 0) is 36.4 Å². The maximum absolute atomic E-state index is 12.3. The zero-order chi connectivity index (χ0) is 16.2. The number of carbonyl (C=O) groups excluding carboxylic acids is 1. The van der Waals surface area contributed by atoms with Gasteiger partial charge in [-0.25, -0.2) is 15.8 Å². The minimum atomic E-state index is -0.291. The maximum Gasteiger partial charge on any atom is 0.274 e. The topological polar surface area (TPSA) is 68.5 Å². The number of rotatable bonds is 4. The number of methoxy groups -OCH3 is 1. The van der Waals surface area contributed by atoms with Gasteiger partial charge < -0.3 is 4.74 Å². The first kappa shape index (κ1) is 15.2. The van der Waals surface area contributed by atoms with Crippen molar-refractivity contribution in [2.24, 2.45) is 5.84 Å². The summed E-state index contributed by atoms with van der Waals surface area (Å²) in [6.07, 6.45) is 0. The molecule has 0 bridgehead atoms. The van der Waals surface area contributed by atoms with E-state index in [9.17, 15) is 4.79 Å². The first-order valence-electron chi connectivity index (χ1n) is 6.93. The third-order valence-electron chi connectivity index (χ3n) is 3.32. The number of anilines is 1. The van der Waals surface area contributed by atoms with E-state index in [0.29, 0.717) is 10.7 Å². The molecule has 2 N–H and O–H groups in total. The van der Waals surface area contributed by atoms with Crippen LogP contribution in [0.15, 0.2) is 60.0 Å². The predicted octanol–water partition coefficient (Wildman–Crippen LogP) is 3.34. The summed E-state index contributed by atoms with van der Waals surface area (Å²) >= 11 is 1.32. The van der Waals surface area contributed by atoms with Gasteiger partial charge >= 0.3 is 0 Å². The van der Waals surface area contributed by atoms with Crippen LogP contribution in [-0.4, -0.2) is 18.0 Å². The number of hydrogen-bond acceptors (Lipinski definition) is 5. The van der Waals surface area contributed by atoms with E-state index in [0.717, 1.165) is 22.0 Å². The van der Waals surface area contributed by atoms with Crippen molar-refractivity contribution in [3.8, 4) is 17.0 Å². The van der Waals surface area contributed by atoms with Gasteiger partial charge in [0.05, 0.1) is 12.8 Å². The Morgan fingerprint density at radius 1 is 1.13 bits per heavy atom. The molecular weight excluding hydrogens is 310 g/mol. The predicted molar refractivity (Wildman–Crippen MR) is 91.5 cm³/mol.